The zero-order valence-corrected chi connectivity index (χ0v) is 16.8. The quantitative estimate of drug-likeness (QED) is 0.737. The van der Waals surface area contributed by atoms with Crippen LogP contribution in [0.5, 0.6) is 0 Å². The van der Waals surface area contributed by atoms with Gasteiger partial charge in [-0.2, -0.15) is 0 Å². The first-order valence-corrected chi connectivity index (χ1v) is 10.7. The molecule has 2 aromatic rings. The van der Waals surface area contributed by atoms with Crippen LogP contribution in [-0.2, 0) is 9.53 Å². The lowest BCUT2D eigenvalue weighted by molar-refractivity contribution is -0.118. The summed E-state index contributed by atoms with van der Waals surface area (Å²) in [6, 6.07) is 4.34. The molecule has 5 nitrogen and oxygen atoms in total. The van der Waals surface area contributed by atoms with Gasteiger partial charge in [0.2, 0.25) is 5.91 Å². The molecule has 0 saturated carbocycles. The Balaban J connectivity index is 1.78. The Kier molecular flexibility index (Phi) is 6.45. The number of nitrogens with zero attached hydrogens (tertiary/aromatic N) is 1. The third kappa shape index (κ3) is 4.34. The van der Waals surface area contributed by atoms with Crippen LogP contribution in [0.25, 0.3) is 10.4 Å². The van der Waals surface area contributed by atoms with Crippen LogP contribution in [0.4, 0.5) is 5.00 Å². The molecule has 0 unspecified atom stereocenters. The highest BCUT2D eigenvalue weighted by atomic mass is 32.1. The van der Waals surface area contributed by atoms with E-state index in [-0.39, 0.29) is 5.91 Å². The molecule has 0 bridgehead atoms. The van der Waals surface area contributed by atoms with Crippen molar-refractivity contribution in [1.82, 2.24) is 4.90 Å². The Hall–Kier alpha value is -1.70. The summed E-state index contributed by atoms with van der Waals surface area (Å²) in [4.78, 5) is 28.3. The minimum atomic E-state index is -0.390. The first-order chi connectivity index (χ1) is 12.6. The average Bonchev–Trinajstić information content (AvgIpc) is 3.26. The lowest BCUT2D eigenvalue weighted by Gasteiger charge is -2.32. The van der Waals surface area contributed by atoms with E-state index in [1.807, 2.05) is 22.9 Å². The topological polar surface area (TPSA) is 58.6 Å². The first-order valence-electron chi connectivity index (χ1n) is 8.96. The van der Waals surface area contributed by atoms with Crippen LogP contribution in [0.1, 0.15) is 43.5 Å². The van der Waals surface area contributed by atoms with Crippen molar-refractivity contribution in [2.24, 2.45) is 0 Å². The molecule has 0 aromatic carbocycles. The summed E-state index contributed by atoms with van der Waals surface area (Å²) in [7, 11) is 0. The smallest absolute Gasteiger partial charge is 0.341 e. The van der Waals surface area contributed by atoms with E-state index in [4.69, 9.17) is 4.74 Å². The maximum Gasteiger partial charge on any atom is 0.341 e. The molecule has 1 fully saturated rings. The summed E-state index contributed by atoms with van der Waals surface area (Å²) < 4.78 is 5.22. The van der Waals surface area contributed by atoms with Gasteiger partial charge in [-0.15, -0.1) is 22.7 Å². The molecule has 1 aliphatic rings. The van der Waals surface area contributed by atoms with Crippen LogP contribution in [0.15, 0.2) is 22.9 Å². The molecular weight excluding hydrogens is 368 g/mol. The van der Waals surface area contributed by atoms with Gasteiger partial charge in [-0.25, -0.2) is 4.79 Å². The summed E-state index contributed by atoms with van der Waals surface area (Å²) in [5.74, 6) is -0.470. The second kappa shape index (κ2) is 8.79. The molecule has 0 spiro atoms. The van der Waals surface area contributed by atoms with Gasteiger partial charge in [-0.3, -0.25) is 9.69 Å². The fourth-order valence-corrected chi connectivity index (χ4v) is 5.00. The molecule has 0 radical (unpaired) electrons. The number of esters is 1. The van der Waals surface area contributed by atoms with Crippen LogP contribution in [0, 0.1) is 0 Å². The van der Waals surface area contributed by atoms with Crippen LogP contribution >= 0.6 is 22.7 Å². The Bertz CT molecular complexity index is 755. The molecule has 1 atom stereocenters. The molecule has 1 saturated heterocycles. The van der Waals surface area contributed by atoms with E-state index >= 15 is 0 Å². The standard InChI is InChI=1S/C19H24N2O3S2/c1-3-24-19(23)17-14(15-8-6-10-25-15)12-26-18(17)20-16(22)11-21-9-5-4-7-13(21)2/h6,8,10,12-13H,3-5,7,9,11H2,1-2H3,(H,20,22)/t13-/m1/s1. The summed E-state index contributed by atoms with van der Waals surface area (Å²) in [5, 5.41) is 7.40. The van der Waals surface area contributed by atoms with Gasteiger partial charge in [-0.1, -0.05) is 12.5 Å². The van der Waals surface area contributed by atoms with Gasteiger partial charge in [-0.05, 0) is 44.7 Å². The largest absolute Gasteiger partial charge is 0.462 e. The van der Waals surface area contributed by atoms with Crippen molar-refractivity contribution in [3.8, 4) is 10.4 Å². The van der Waals surface area contributed by atoms with Crippen molar-refractivity contribution >= 4 is 39.6 Å². The van der Waals surface area contributed by atoms with Gasteiger partial charge in [0.1, 0.15) is 10.6 Å². The molecule has 3 heterocycles. The van der Waals surface area contributed by atoms with Gasteiger partial charge >= 0.3 is 5.97 Å². The zero-order chi connectivity index (χ0) is 18.5. The van der Waals surface area contributed by atoms with Gasteiger partial charge in [0.25, 0.3) is 0 Å². The van der Waals surface area contributed by atoms with E-state index < -0.39 is 5.97 Å². The molecule has 2 aromatic heterocycles. The number of rotatable bonds is 6. The number of anilines is 1. The second-order valence-electron chi connectivity index (χ2n) is 6.41. The Morgan fingerprint density at radius 2 is 2.19 bits per heavy atom. The molecule has 0 aliphatic carbocycles. The highest BCUT2D eigenvalue weighted by Gasteiger charge is 2.25. The number of hydrogen-bond donors (Lipinski definition) is 1. The monoisotopic (exact) mass is 392 g/mol. The third-order valence-electron chi connectivity index (χ3n) is 4.60. The number of likely N-dealkylation sites (tertiary alicyclic amines) is 1. The van der Waals surface area contributed by atoms with Crippen LogP contribution < -0.4 is 5.32 Å². The van der Waals surface area contributed by atoms with Crippen molar-refractivity contribution in [3.05, 3.63) is 28.5 Å². The van der Waals surface area contributed by atoms with E-state index in [9.17, 15) is 9.59 Å². The fourth-order valence-electron chi connectivity index (χ4n) is 3.21. The van der Waals surface area contributed by atoms with Gasteiger partial charge in [0.05, 0.1) is 13.2 Å². The molecular formula is C19H24N2O3S2. The summed E-state index contributed by atoms with van der Waals surface area (Å²) in [6.45, 7) is 5.55. The molecule has 1 N–H and O–H groups in total. The number of piperidine rings is 1. The number of carbonyl (C=O) groups excluding carboxylic acids is 2. The van der Waals surface area contributed by atoms with Crippen LogP contribution in [0.2, 0.25) is 0 Å². The number of amides is 1. The minimum absolute atomic E-state index is 0.0797. The van der Waals surface area contributed by atoms with E-state index in [1.54, 1.807) is 18.3 Å². The molecule has 7 heteroatoms. The van der Waals surface area contributed by atoms with Gasteiger partial charge in [0, 0.05) is 21.9 Å². The summed E-state index contributed by atoms with van der Waals surface area (Å²) >= 11 is 2.94. The predicted molar refractivity (Wildman–Crippen MR) is 107 cm³/mol. The van der Waals surface area contributed by atoms with Gasteiger partial charge in [0.15, 0.2) is 0 Å². The fraction of sp³-hybridized carbons (Fsp3) is 0.474. The van der Waals surface area contributed by atoms with Crippen molar-refractivity contribution in [2.45, 2.75) is 39.2 Å². The van der Waals surface area contributed by atoms with E-state index in [2.05, 4.69) is 17.1 Å². The second-order valence-corrected chi connectivity index (χ2v) is 8.24. The number of ether oxygens (including phenoxy) is 1. The van der Waals surface area contributed by atoms with Crippen molar-refractivity contribution in [1.29, 1.82) is 0 Å². The SMILES string of the molecule is CCOC(=O)c1c(-c2cccs2)csc1NC(=O)CN1CCCC[C@H]1C. The number of carbonyl (C=O) groups is 2. The molecule has 1 aliphatic heterocycles. The Morgan fingerprint density at radius 3 is 2.88 bits per heavy atom. The van der Waals surface area contributed by atoms with E-state index in [0.29, 0.717) is 29.8 Å². The van der Waals surface area contributed by atoms with E-state index in [1.165, 1.54) is 17.8 Å². The predicted octanol–water partition coefficient (Wildman–Crippen LogP) is 4.47. The van der Waals surface area contributed by atoms with Crippen molar-refractivity contribution in [3.63, 3.8) is 0 Å². The van der Waals surface area contributed by atoms with Gasteiger partial charge < -0.3 is 10.1 Å². The normalized spacial score (nSPS) is 17.8. The Morgan fingerprint density at radius 1 is 1.35 bits per heavy atom. The summed E-state index contributed by atoms with van der Waals surface area (Å²) in [6.07, 6.45) is 3.48. The minimum Gasteiger partial charge on any atom is -0.462 e. The maximum atomic E-state index is 12.6. The molecule has 140 valence electrons. The molecule has 26 heavy (non-hydrogen) atoms. The van der Waals surface area contributed by atoms with Crippen molar-refractivity contribution < 1.29 is 14.3 Å². The maximum absolute atomic E-state index is 12.6. The first kappa shape index (κ1) is 19.1. The lowest BCUT2D eigenvalue weighted by atomic mass is 10.0. The highest BCUT2D eigenvalue weighted by molar-refractivity contribution is 7.17. The number of hydrogen-bond acceptors (Lipinski definition) is 6. The van der Waals surface area contributed by atoms with Crippen LogP contribution in [-0.4, -0.2) is 42.5 Å². The average molecular weight is 393 g/mol. The van der Waals surface area contributed by atoms with Crippen molar-refractivity contribution in [2.75, 3.05) is 25.0 Å². The third-order valence-corrected chi connectivity index (χ3v) is 6.40. The number of nitrogens with one attached hydrogen (secondary N) is 1. The highest BCUT2D eigenvalue weighted by Crippen LogP contribution is 2.38. The molecule has 1 amide bonds. The number of thiophene rings is 2. The summed E-state index contributed by atoms with van der Waals surface area (Å²) in [5.41, 5.74) is 1.28. The zero-order valence-electron chi connectivity index (χ0n) is 15.1. The van der Waals surface area contributed by atoms with Crippen LogP contribution in [0.3, 0.4) is 0 Å². The lowest BCUT2D eigenvalue weighted by Crippen LogP contribution is -2.42. The Labute approximate surface area is 162 Å². The van der Waals surface area contributed by atoms with E-state index in [0.717, 1.165) is 29.8 Å². The molecule has 3 rings (SSSR count).